The summed E-state index contributed by atoms with van der Waals surface area (Å²) >= 11 is 1.71. The highest BCUT2D eigenvalue weighted by Gasteiger charge is 2.05. The Hall–Kier alpha value is -1.69. The van der Waals surface area contributed by atoms with Crippen LogP contribution in [-0.4, -0.2) is 21.6 Å². The number of aromatic nitrogens is 3. The molecule has 2 heterocycles. The highest BCUT2D eigenvalue weighted by molar-refractivity contribution is 7.11. The number of ether oxygens (including phenoxy) is 1. The van der Waals surface area contributed by atoms with E-state index in [0.717, 1.165) is 17.1 Å². The molecule has 2 rings (SSSR count). The lowest BCUT2D eigenvalue weighted by Gasteiger charge is -2.07. The first-order valence-electron chi connectivity index (χ1n) is 6.37. The molecule has 102 valence electrons. The van der Waals surface area contributed by atoms with Crippen LogP contribution in [0.4, 0.5) is 5.95 Å². The molecule has 0 aliphatic carbocycles. The fraction of sp³-hybridized carbons (Fsp3) is 0.462. The van der Waals surface area contributed by atoms with Gasteiger partial charge < -0.3 is 10.1 Å². The normalized spacial score (nSPS) is 10.5. The summed E-state index contributed by atoms with van der Waals surface area (Å²) in [5.41, 5.74) is 0.884. The van der Waals surface area contributed by atoms with Gasteiger partial charge in [0.15, 0.2) is 0 Å². The zero-order chi connectivity index (χ0) is 13.7. The number of thiazole rings is 1. The molecule has 0 aliphatic rings. The van der Waals surface area contributed by atoms with Gasteiger partial charge in [0, 0.05) is 22.8 Å². The van der Waals surface area contributed by atoms with Crippen molar-refractivity contribution < 1.29 is 4.74 Å². The fourth-order valence-electron chi connectivity index (χ4n) is 1.59. The van der Waals surface area contributed by atoms with Crippen LogP contribution in [0.1, 0.15) is 29.4 Å². The highest BCUT2D eigenvalue weighted by Crippen LogP contribution is 2.16. The zero-order valence-electron chi connectivity index (χ0n) is 11.4. The molecule has 0 fully saturated rings. The van der Waals surface area contributed by atoms with E-state index in [0.29, 0.717) is 25.0 Å². The molecule has 19 heavy (non-hydrogen) atoms. The summed E-state index contributed by atoms with van der Waals surface area (Å²) in [6, 6.07) is 1.83. The molecule has 0 bridgehead atoms. The smallest absolute Gasteiger partial charge is 0.226 e. The van der Waals surface area contributed by atoms with Gasteiger partial charge in [0.05, 0.1) is 13.2 Å². The van der Waals surface area contributed by atoms with Gasteiger partial charge in [-0.3, -0.25) is 0 Å². The summed E-state index contributed by atoms with van der Waals surface area (Å²) in [5, 5.41) is 4.23. The monoisotopic (exact) mass is 278 g/mol. The summed E-state index contributed by atoms with van der Waals surface area (Å²) < 4.78 is 5.40. The minimum absolute atomic E-state index is 0.580. The number of aryl methyl sites for hydroxylation is 2. The lowest BCUT2D eigenvalue weighted by Crippen LogP contribution is -2.06. The molecule has 0 spiro atoms. The van der Waals surface area contributed by atoms with E-state index in [2.05, 4.69) is 27.2 Å². The molecular weight excluding hydrogens is 260 g/mol. The van der Waals surface area contributed by atoms with Crippen molar-refractivity contribution in [3.63, 3.8) is 0 Å². The third-order valence-corrected chi connectivity index (χ3v) is 3.61. The molecule has 0 atom stereocenters. The number of nitrogens with one attached hydrogen (secondary N) is 1. The molecule has 2 aromatic rings. The lowest BCUT2D eigenvalue weighted by atomic mass is 10.4. The Bertz CT molecular complexity index is 541. The molecule has 0 aromatic carbocycles. The van der Waals surface area contributed by atoms with Crippen molar-refractivity contribution >= 4 is 17.3 Å². The van der Waals surface area contributed by atoms with Gasteiger partial charge in [0.25, 0.3) is 0 Å². The molecule has 0 aliphatic heterocycles. The molecule has 5 nitrogen and oxygen atoms in total. The van der Waals surface area contributed by atoms with E-state index in [1.54, 1.807) is 11.3 Å². The number of anilines is 1. The fourth-order valence-corrected chi connectivity index (χ4v) is 2.39. The molecule has 0 saturated heterocycles. The quantitative estimate of drug-likeness (QED) is 0.880. The summed E-state index contributed by atoms with van der Waals surface area (Å²) in [4.78, 5) is 14.3. The molecule has 0 amide bonds. The van der Waals surface area contributed by atoms with Crippen molar-refractivity contribution in [3.05, 3.63) is 27.8 Å². The number of hydrogen-bond acceptors (Lipinski definition) is 6. The molecular formula is C13H18N4OS. The van der Waals surface area contributed by atoms with Gasteiger partial charge >= 0.3 is 0 Å². The Morgan fingerprint density at radius 3 is 2.84 bits per heavy atom. The minimum atomic E-state index is 0.580. The minimum Gasteiger partial charge on any atom is -0.478 e. The summed E-state index contributed by atoms with van der Waals surface area (Å²) in [5.74, 6) is 1.18. The van der Waals surface area contributed by atoms with Crippen molar-refractivity contribution in [3.8, 4) is 5.88 Å². The van der Waals surface area contributed by atoms with Gasteiger partial charge in [-0.15, -0.1) is 11.3 Å². The molecule has 0 unspecified atom stereocenters. The number of hydrogen-bond donors (Lipinski definition) is 1. The highest BCUT2D eigenvalue weighted by atomic mass is 32.1. The van der Waals surface area contributed by atoms with E-state index < -0.39 is 0 Å². The van der Waals surface area contributed by atoms with E-state index in [9.17, 15) is 0 Å². The third kappa shape index (κ3) is 3.89. The van der Waals surface area contributed by atoms with Crippen molar-refractivity contribution in [1.29, 1.82) is 0 Å². The maximum Gasteiger partial charge on any atom is 0.226 e. The Morgan fingerprint density at radius 1 is 1.32 bits per heavy atom. The van der Waals surface area contributed by atoms with E-state index in [1.165, 1.54) is 4.88 Å². The van der Waals surface area contributed by atoms with Crippen molar-refractivity contribution in [2.75, 3.05) is 11.9 Å². The third-order valence-electron chi connectivity index (χ3n) is 2.47. The standard InChI is InChI=1S/C13H18N4OS/c1-4-10-7-14-12(19-10)8-15-13-16-9(3)6-11(17-13)18-5-2/h6-7H,4-5,8H2,1-3H3,(H,15,16,17). The molecule has 0 radical (unpaired) electrons. The Balaban J connectivity index is 2.02. The Morgan fingerprint density at radius 2 is 2.16 bits per heavy atom. The SMILES string of the molecule is CCOc1cc(C)nc(NCc2ncc(CC)s2)n1. The van der Waals surface area contributed by atoms with Crippen molar-refractivity contribution in [2.45, 2.75) is 33.7 Å². The topological polar surface area (TPSA) is 59.9 Å². The number of nitrogens with zero attached hydrogens (tertiary/aromatic N) is 3. The van der Waals surface area contributed by atoms with Gasteiger partial charge in [-0.05, 0) is 20.3 Å². The van der Waals surface area contributed by atoms with Gasteiger partial charge in [0.2, 0.25) is 11.8 Å². The van der Waals surface area contributed by atoms with E-state index in [-0.39, 0.29) is 0 Å². The van der Waals surface area contributed by atoms with Crippen LogP contribution in [0, 0.1) is 6.92 Å². The van der Waals surface area contributed by atoms with Crippen LogP contribution in [0.5, 0.6) is 5.88 Å². The van der Waals surface area contributed by atoms with Crippen LogP contribution < -0.4 is 10.1 Å². The maximum absolute atomic E-state index is 5.40. The van der Waals surface area contributed by atoms with Crippen LogP contribution in [-0.2, 0) is 13.0 Å². The van der Waals surface area contributed by atoms with Crippen LogP contribution in [0.25, 0.3) is 0 Å². The molecule has 1 N–H and O–H groups in total. The molecule has 0 saturated carbocycles. The zero-order valence-corrected chi connectivity index (χ0v) is 12.3. The van der Waals surface area contributed by atoms with E-state index in [4.69, 9.17) is 4.74 Å². The van der Waals surface area contributed by atoms with Crippen LogP contribution in [0.2, 0.25) is 0 Å². The van der Waals surface area contributed by atoms with Gasteiger partial charge in [-0.25, -0.2) is 9.97 Å². The maximum atomic E-state index is 5.40. The largest absolute Gasteiger partial charge is 0.478 e. The second-order valence-corrected chi connectivity index (χ2v) is 5.23. The summed E-state index contributed by atoms with van der Waals surface area (Å²) in [7, 11) is 0. The van der Waals surface area contributed by atoms with Crippen molar-refractivity contribution in [2.24, 2.45) is 0 Å². The first-order chi connectivity index (χ1) is 9.21. The number of rotatable bonds is 6. The summed E-state index contributed by atoms with van der Waals surface area (Å²) in [6.07, 6.45) is 2.94. The summed E-state index contributed by atoms with van der Waals surface area (Å²) in [6.45, 7) is 7.23. The average molecular weight is 278 g/mol. The second kappa shape index (κ2) is 6.47. The first-order valence-corrected chi connectivity index (χ1v) is 7.18. The van der Waals surface area contributed by atoms with Gasteiger partial charge in [-0.2, -0.15) is 4.98 Å². The van der Waals surface area contributed by atoms with Crippen molar-refractivity contribution in [1.82, 2.24) is 15.0 Å². The van der Waals surface area contributed by atoms with E-state index in [1.807, 2.05) is 26.1 Å². The second-order valence-electron chi connectivity index (χ2n) is 4.03. The Kier molecular flexibility index (Phi) is 4.68. The van der Waals surface area contributed by atoms with Crippen LogP contribution in [0.15, 0.2) is 12.3 Å². The predicted octanol–water partition coefficient (Wildman–Crippen LogP) is 2.81. The average Bonchev–Trinajstić information content (AvgIpc) is 2.84. The van der Waals surface area contributed by atoms with E-state index >= 15 is 0 Å². The van der Waals surface area contributed by atoms with Crippen LogP contribution >= 0.6 is 11.3 Å². The first kappa shape index (κ1) is 13.7. The Labute approximate surface area is 117 Å². The predicted molar refractivity (Wildman–Crippen MR) is 76.8 cm³/mol. The lowest BCUT2D eigenvalue weighted by molar-refractivity contribution is 0.326. The molecule has 2 aromatic heterocycles. The molecule has 6 heteroatoms. The van der Waals surface area contributed by atoms with Gasteiger partial charge in [-0.1, -0.05) is 6.92 Å². The van der Waals surface area contributed by atoms with Crippen LogP contribution in [0.3, 0.4) is 0 Å². The van der Waals surface area contributed by atoms with Gasteiger partial charge in [0.1, 0.15) is 5.01 Å².